The van der Waals surface area contributed by atoms with Crippen molar-refractivity contribution in [2.45, 2.75) is 50.8 Å². The monoisotopic (exact) mass is 545 g/mol. The molecule has 0 spiro atoms. The number of hydrogen-bond acceptors (Lipinski definition) is 5. The average molecular weight is 546 g/mol. The number of β-amino-alcohol motifs (C(OH)–C–C–N with tert-alkyl or cyclic N) is 1. The van der Waals surface area contributed by atoms with Crippen LogP contribution in [0.3, 0.4) is 0 Å². The highest BCUT2D eigenvalue weighted by Gasteiger charge is 2.29. The van der Waals surface area contributed by atoms with Gasteiger partial charge in [-0.15, -0.1) is 0 Å². The zero-order chi connectivity index (χ0) is 27.0. The van der Waals surface area contributed by atoms with Gasteiger partial charge in [0.2, 0.25) is 5.43 Å². The lowest BCUT2D eigenvalue weighted by Crippen LogP contribution is -2.47. The number of aromatic nitrogens is 1. The van der Waals surface area contributed by atoms with E-state index in [4.69, 9.17) is 16.3 Å². The van der Waals surface area contributed by atoms with Gasteiger partial charge in [0.1, 0.15) is 35.7 Å². The van der Waals surface area contributed by atoms with Gasteiger partial charge in [0, 0.05) is 49.4 Å². The normalized spacial score (nSPS) is 17.5. The number of halogens is 3. The van der Waals surface area contributed by atoms with E-state index < -0.39 is 23.3 Å². The molecule has 1 atom stereocenters. The van der Waals surface area contributed by atoms with E-state index in [9.17, 15) is 23.5 Å². The van der Waals surface area contributed by atoms with Crippen molar-refractivity contribution < 1.29 is 23.4 Å². The van der Waals surface area contributed by atoms with Gasteiger partial charge in [0.05, 0.1) is 10.5 Å². The maximum atomic E-state index is 14.1. The third-order valence-electron chi connectivity index (χ3n) is 7.24. The van der Waals surface area contributed by atoms with E-state index in [-0.39, 0.29) is 40.5 Å². The first-order chi connectivity index (χ1) is 18.2. The number of hydrogen-bond donors (Lipinski definition) is 2. The Morgan fingerprint density at radius 3 is 2.58 bits per heavy atom. The molecule has 2 heterocycles. The Balaban J connectivity index is 1.17. The maximum Gasteiger partial charge on any atom is 0.256 e. The van der Waals surface area contributed by atoms with Crippen molar-refractivity contribution in [3.63, 3.8) is 0 Å². The van der Waals surface area contributed by atoms with Crippen LogP contribution in [0.25, 0.3) is 10.9 Å². The molecule has 2 aliphatic rings. The van der Waals surface area contributed by atoms with Crippen molar-refractivity contribution in [1.29, 1.82) is 0 Å². The molecule has 202 valence electrons. The zero-order valence-electron chi connectivity index (χ0n) is 21.1. The first-order valence-electron chi connectivity index (χ1n) is 12.8. The van der Waals surface area contributed by atoms with Crippen LogP contribution in [0.5, 0.6) is 5.75 Å². The Morgan fingerprint density at radius 2 is 1.89 bits per heavy atom. The highest BCUT2D eigenvalue weighted by molar-refractivity contribution is 6.31. The van der Waals surface area contributed by atoms with Crippen LogP contribution < -0.4 is 15.5 Å². The first-order valence-corrected chi connectivity index (χ1v) is 13.2. The smallest absolute Gasteiger partial charge is 0.256 e. The minimum atomic E-state index is -0.752. The Labute approximate surface area is 224 Å². The van der Waals surface area contributed by atoms with E-state index >= 15 is 0 Å². The number of nitrogens with one attached hydrogen (secondary N) is 1. The van der Waals surface area contributed by atoms with E-state index in [2.05, 4.69) is 10.2 Å². The fourth-order valence-corrected chi connectivity index (χ4v) is 5.05. The molecule has 0 radical (unpaired) electrons. The molecule has 5 rings (SSSR count). The molecule has 10 heteroatoms. The number of benzene rings is 2. The van der Waals surface area contributed by atoms with Crippen LogP contribution in [0, 0.1) is 18.6 Å². The summed E-state index contributed by atoms with van der Waals surface area (Å²) in [6.45, 7) is 3.40. The molecular formula is C28H30ClF2N3O4. The molecule has 1 saturated carbocycles. The van der Waals surface area contributed by atoms with Crippen molar-refractivity contribution in [2.75, 3.05) is 26.2 Å². The minimum absolute atomic E-state index is 0.00587. The number of rotatable bonds is 8. The summed E-state index contributed by atoms with van der Waals surface area (Å²) < 4.78 is 35.2. The van der Waals surface area contributed by atoms with Gasteiger partial charge in [-0.25, -0.2) is 8.78 Å². The van der Waals surface area contributed by atoms with Gasteiger partial charge in [-0.2, -0.15) is 0 Å². The quantitative estimate of drug-likeness (QED) is 0.443. The third kappa shape index (κ3) is 5.85. The van der Waals surface area contributed by atoms with Crippen molar-refractivity contribution in [1.82, 2.24) is 14.8 Å². The Kier molecular flexibility index (Phi) is 7.70. The molecule has 7 nitrogen and oxygen atoms in total. The summed E-state index contributed by atoms with van der Waals surface area (Å²) in [5, 5.41) is 13.4. The number of piperidine rings is 1. The molecule has 38 heavy (non-hydrogen) atoms. The summed E-state index contributed by atoms with van der Waals surface area (Å²) in [7, 11) is 0. The standard InChI is InChI=1S/C28H30ClF2N3O4/c1-16-2-5-20(10-24(16)30)38-15-19(35)13-33-8-6-17(7-9-33)32-28(37)22-14-34(18-3-4-18)26-12-23(29)25(31)11-21(26)27(22)36/h2,5,10-12,14,17-19,35H,3-4,6-9,13,15H2,1H3,(H,32,37). The summed E-state index contributed by atoms with van der Waals surface area (Å²) in [6, 6.07) is 7.18. The van der Waals surface area contributed by atoms with Crippen LogP contribution in [0.1, 0.15) is 47.6 Å². The van der Waals surface area contributed by atoms with E-state index in [1.54, 1.807) is 25.3 Å². The van der Waals surface area contributed by atoms with Crippen molar-refractivity contribution in [2.24, 2.45) is 0 Å². The predicted molar refractivity (Wildman–Crippen MR) is 141 cm³/mol. The van der Waals surface area contributed by atoms with Crippen molar-refractivity contribution in [3.05, 3.63) is 74.5 Å². The molecule has 2 N–H and O–H groups in total. The van der Waals surface area contributed by atoms with Crippen LogP contribution in [-0.4, -0.2) is 58.9 Å². The van der Waals surface area contributed by atoms with Gasteiger partial charge in [0.25, 0.3) is 5.91 Å². The molecular weight excluding hydrogens is 516 g/mol. The number of aryl methyl sites for hydroxylation is 1. The van der Waals surface area contributed by atoms with Crippen LogP contribution in [-0.2, 0) is 0 Å². The number of likely N-dealkylation sites (tertiary alicyclic amines) is 1. The van der Waals surface area contributed by atoms with Crippen LogP contribution in [0.4, 0.5) is 8.78 Å². The van der Waals surface area contributed by atoms with Gasteiger partial charge in [-0.05, 0) is 56.4 Å². The number of aliphatic hydroxyl groups excluding tert-OH is 1. The van der Waals surface area contributed by atoms with Crippen LogP contribution >= 0.6 is 11.6 Å². The molecule has 0 bridgehead atoms. The van der Waals surface area contributed by atoms with Gasteiger partial charge >= 0.3 is 0 Å². The van der Waals surface area contributed by atoms with E-state index in [1.807, 2.05) is 4.57 Å². The average Bonchev–Trinajstić information content (AvgIpc) is 3.73. The van der Waals surface area contributed by atoms with Crippen molar-refractivity contribution >= 4 is 28.4 Å². The molecule has 2 fully saturated rings. The van der Waals surface area contributed by atoms with E-state index in [0.717, 1.165) is 18.9 Å². The second kappa shape index (κ2) is 11.0. The lowest BCUT2D eigenvalue weighted by atomic mass is 10.0. The summed E-state index contributed by atoms with van der Waals surface area (Å²) in [5.41, 5.74) is 0.539. The van der Waals surface area contributed by atoms with E-state index in [0.29, 0.717) is 49.3 Å². The number of pyridine rings is 1. The maximum absolute atomic E-state index is 14.1. The largest absolute Gasteiger partial charge is 0.491 e. The lowest BCUT2D eigenvalue weighted by molar-refractivity contribution is 0.0567. The topological polar surface area (TPSA) is 83.8 Å². The lowest BCUT2D eigenvalue weighted by Gasteiger charge is -2.33. The fraction of sp³-hybridized carbons (Fsp3) is 0.429. The number of aliphatic hydroxyl groups is 1. The summed E-state index contributed by atoms with van der Waals surface area (Å²) in [5.74, 6) is -1.15. The number of ether oxygens (including phenoxy) is 1. The Bertz CT molecular complexity index is 1420. The summed E-state index contributed by atoms with van der Waals surface area (Å²) >= 11 is 5.96. The van der Waals surface area contributed by atoms with E-state index in [1.165, 1.54) is 12.1 Å². The molecule has 1 saturated heterocycles. The zero-order valence-corrected chi connectivity index (χ0v) is 21.8. The SMILES string of the molecule is Cc1ccc(OCC(O)CN2CCC(NC(=O)c3cn(C4CC4)c4cc(Cl)c(F)cc4c3=O)CC2)cc1F. The summed E-state index contributed by atoms with van der Waals surface area (Å²) in [4.78, 5) is 28.3. The van der Waals surface area contributed by atoms with Gasteiger partial charge < -0.3 is 24.6 Å². The summed E-state index contributed by atoms with van der Waals surface area (Å²) in [6.07, 6.45) is 3.96. The Hall–Kier alpha value is -3.01. The molecule has 1 aromatic heterocycles. The van der Waals surface area contributed by atoms with Crippen molar-refractivity contribution in [3.8, 4) is 5.75 Å². The van der Waals surface area contributed by atoms with Crippen LogP contribution in [0.15, 0.2) is 41.3 Å². The molecule has 1 unspecified atom stereocenters. The minimum Gasteiger partial charge on any atom is -0.491 e. The predicted octanol–water partition coefficient (Wildman–Crippen LogP) is 4.21. The molecule has 2 aromatic carbocycles. The fourth-order valence-electron chi connectivity index (χ4n) is 4.89. The van der Waals surface area contributed by atoms with Gasteiger partial charge in [-0.1, -0.05) is 17.7 Å². The third-order valence-corrected chi connectivity index (χ3v) is 7.53. The highest BCUT2D eigenvalue weighted by atomic mass is 35.5. The second-order valence-electron chi connectivity index (χ2n) is 10.2. The molecule has 1 aliphatic heterocycles. The van der Waals surface area contributed by atoms with Crippen LogP contribution in [0.2, 0.25) is 5.02 Å². The molecule has 1 aliphatic carbocycles. The molecule has 3 aromatic rings. The Morgan fingerprint density at radius 1 is 1.16 bits per heavy atom. The first kappa shape index (κ1) is 26.6. The number of fused-ring (bicyclic) bond motifs is 1. The number of nitrogens with zero attached hydrogens (tertiary/aromatic N) is 2. The second-order valence-corrected chi connectivity index (χ2v) is 10.6. The highest BCUT2D eigenvalue weighted by Crippen LogP contribution is 2.37. The van der Waals surface area contributed by atoms with Gasteiger partial charge in [-0.3, -0.25) is 9.59 Å². The molecule has 1 amide bonds. The number of carbonyl (C=O) groups excluding carboxylic acids is 1. The number of amides is 1. The van der Waals surface area contributed by atoms with Gasteiger partial charge in [0.15, 0.2) is 0 Å². The number of carbonyl (C=O) groups is 1.